The molecule has 1 aliphatic rings. The van der Waals surface area contributed by atoms with Crippen molar-refractivity contribution in [2.24, 2.45) is 0 Å². The second kappa shape index (κ2) is 11.0. The maximum Gasteiger partial charge on any atom is 0.387 e. The molecular weight excluding hydrogens is 412 g/mol. The number of hydrogen-bond acceptors (Lipinski definition) is 7. The smallest absolute Gasteiger partial charge is 0.387 e. The van der Waals surface area contributed by atoms with Crippen LogP contribution in [0.1, 0.15) is 17.2 Å². The van der Waals surface area contributed by atoms with Crippen LogP contribution in [0, 0.1) is 10.1 Å². The summed E-state index contributed by atoms with van der Waals surface area (Å²) in [4.78, 5) is 13.2. The fourth-order valence-corrected chi connectivity index (χ4v) is 3.50. The summed E-state index contributed by atoms with van der Waals surface area (Å²) in [6, 6.07) is 12.0. The molecule has 168 valence electrons. The zero-order valence-corrected chi connectivity index (χ0v) is 17.1. The Morgan fingerprint density at radius 3 is 2.52 bits per heavy atom. The first kappa shape index (κ1) is 22.9. The molecule has 1 heterocycles. The van der Waals surface area contributed by atoms with E-state index in [9.17, 15) is 18.9 Å². The first-order valence-electron chi connectivity index (χ1n) is 9.86. The minimum Gasteiger partial charge on any atom is -0.493 e. The van der Waals surface area contributed by atoms with Gasteiger partial charge in [0, 0.05) is 37.8 Å². The van der Waals surface area contributed by atoms with Crippen molar-refractivity contribution in [2.45, 2.75) is 19.2 Å². The number of benzene rings is 2. The summed E-state index contributed by atoms with van der Waals surface area (Å²) >= 11 is 0. The fraction of sp³-hybridized carbons (Fsp3) is 0.429. The van der Waals surface area contributed by atoms with E-state index in [1.54, 1.807) is 0 Å². The molecule has 3 rings (SSSR count). The highest BCUT2D eigenvalue weighted by molar-refractivity contribution is 5.54. The van der Waals surface area contributed by atoms with Gasteiger partial charge < -0.3 is 19.5 Å². The van der Waals surface area contributed by atoms with Gasteiger partial charge in [0.25, 0.3) is 5.69 Å². The third kappa shape index (κ3) is 6.33. The average molecular weight is 437 g/mol. The topological polar surface area (TPSA) is 86.1 Å². The van der Waals surface area contributed by atoms with Gasteiger partial charge in [-0.05, 0) is 11.6 Å². The second-order valence-corrected chi connectivity index (χ2v) is 7.02. The molecule has 1 aliphatic heterocycles. The summed E-state index contributed by atoms with van der Waals surface area (Å²) in [5.74, 6) is -0.368. The third-order valence-electron chi connectivity index (χ3n) is 5.06. The lowest BCUT2D eigenvalue weighted by Crippen LogP contribution is -2.41. The third-order valence-corrected chi connectivity index (χ3v) is 5.06. The maximum atomic E-state index is 12.7. The largest absolute Gasteiger partial charge is 0.493 e. The zero-order chi connectivity index (χ0) is 22.2. The van der Waals surface area contributed by atoms with Gasteiger partial charge >= 0.3 is 6.61 Å². The van der Waals surface area contributed by atoms with Gasteiger partial charge in [-0.1, -0.05) is 30.3 Å². The molecule has 8 nitrogen and oxygen atoms in total. The van der Waals surface area contributed by atoms with E-state index < -0.39 is 11.5 Å². The van der Waals surface area contributed by atoms with Crippen molar-refractivity contribution in [1.29, 1.82) is 0 Å². The number of nitrogens with zero attached hydrogens (tertiary/aromatic N) is 2. The highest BCUT2D eigenvalue weighted by Crippen LogP contribution is 2.36. The van der Waals surface area contributed by atoms with Crippen LogP contribution in [0.2, 0.25) is 0 Å². The van der Waals surface area contributed by atoms with Crippen molar-refractivity contribution in [3.8, 4) is 11.5 Å². The van der Waals surface area contributed by atoms with Crippen molar-refractivity contribution >= 4 is 5.69 Å². The molecule has 1 unspecified atom stereocenters. The first-order valence-corrected chi connectivity index (χ1v) is 9.86. The average Bonchev–Trinajstić information content (AvgIpc) is 2.77. The molecule has 0 amide bonds. The SMILES string of the molecule is COc1cc(CNC(CN2CCOCC2)c2ccccc2)c([N+](=O)[O-])cc1OC(F)F. The fourth-order valence-electron chi connectivity index (χ4n) is 3.50. The maximum absolute atomic E-state index is 12.7. The van der Waals surface area contributed by atoms with Gasteiger partial charge in [0.1, 0.15) is 0 Å². The molecule has 0 radical (unpaired) electrons. The Balaban J connectivity index is 1.83. The second-order valence-electron chi connectivity index (χ2n) is 7.02. The molecular formula is C21H25F2N3O5. The minimum absolute atomic E-state index is 0.00661. The van der Waals surface area contributed by atoms with Gasteiger partial charge in [-0.2, -0.15) is 8.78 Å². The van der Waals surface area contributed by atoms with Crippen molar-refractivity contribution in [3.63, 3.8) is 0 Å². The predicted octanol–water partition coefficient (Wildman–Crippen LogP) is 3.37. The number of methoxy groups -OCH3 is 1. The monoisotopic (exact) mass is 437 g/mol. The molecule has 0 saturated carbocycles. The summed E-state index contributed by atoms with van der Waals surface area (Å²) in [5, 5.41) is 14.9. The number of nitrogens with one attached hydrogen (secondary N) is 1. The molecule has 1 fully saturated rings. The number of halogens is 2. The lowest BCUT2D eigenvalue weighted by Gasteiger charge is -2.31. The molecule has 1 saturated heterocycles. The lowest BCUT2D eigenvalue weighted by atomic mass is 10.0. The van der Waals surface area contributed by atoms with Gasteiger partial charge in [0.2, 0.25) is 0 Å². The Morgan fingerprint density at radius 1 is 1.19 bits per heavy atom. The van der Waals surface area contributed by atoms with Crippen LogP contribution in [0.3, 0.4) is 0 Å². The quantitative estimate of drug-likeness (QED) is 0.451. The first-order chi connectivity index (χ1) is 15.0. The molecule has 2 aromatic carbocycles. The van der Waals surface area contributed by atoms with E-state index in [0.717, 1.165) is 24.7 Å². The molecule has 0 aliphatic carbocycles. The predicted molar refractivity (Wildman–Crippen MR) is 110 cm³/mol. The Morgan fingerprint density at radius 2 is 1.90 bits per heavy atom. The number of rotatable bonds is 10. The Kier molecular flexibility index (Phi) is 8.10. The number of nitro benzene ring substituents is 1. The van der Waals surface area contributed by atoms with Crippen LogP contribution in [-0.4, -0.2) is 56.4 Å². The summed E-state index contributed by atoms with van der Waals surface area (Å²) in [6.07, 6.45) is 0. The number of alkyl halides is 2. The summed E-state index contributed by atoms with van der Waals surface area (Å²) in [6.45, 7) is 0.660. The van der Waals surface area contributed by atoms with Crippen LogP contribution in [0.4, 0.5) is 14.5 Å². The molecule has 0 aromatic heterocycles. The summed E-state index contributed by atoms with van der Waals surface area (Å²) < 4.78 is 40.2. The van der Waals surface area contributed by atoms with Crippen molar-refractivity contribution in [3.05, 3.63) is 63.7 Å². The number of hydrogen-bond donors (Lipinski definition) is 1. The van der Waals surface area contributed by atoms with Gasteiger partial charge in [-0.25, -0.2) is 0 Å². The molecule has 0 spiro atoms. The molecule has 10 heteroatoms. The highest BCUT2D eigenvalue weighted by Gasteiger charge is 2.24. The van der Waals surface area contributed by atoms with Gasteiger partial charge in [-0.3, -0.25) is 15.0 Å². The highest BCUT2D eigenvalue weighted by atomic mass is 19.3. The van der Waals surface area contributed by atoms with Crippen molar-refractivity contribution < 1.29 is 27.9 Å². The van der Waals surface area contributed by atoms with Crippen LogP contribution in [0.5, 0.6) is 11.5 Å². The van der Waals surface area contributed by atoms with Gasteiger partial charge in [0.15, 0.2) is 11.5 Å². The summed E-state index contributed by atoms with van der Waals surface area (Å²) in [7, 11) is 1.29. The molecule has 1 N–H and O–H groups in total. The van der Waals surface area contributed by atoms with Crippen molar-refractivity contribution in [1.82, 2.24) is 10.2 Å². The minimum atomic E-state index is -3.12. The van der Waals surface area contributed by atoms with E-state index in [0.29, 0.717) is 25.3 Å². The molecule has 2 aromatic rings. The zero-order valence-electron chi connectivity index (χ0n) is 17.1. The van der Waals surface area contributed by atoms with Crippen LogP contribution < -0.4 is 14.8 Å². The Bertz CT molecular complexity index is 864. The van der Waals surface area contributed by atoms with Gasteiger partial charge in [-0.15, -0.1) is 0 Å². The molecule has 0 bridgehead atoms. The Hall–Kier alpha value is -2.82. The lowest BCUT2D eigenvalue weighted by molar-refractivity contribution is -0.385. The standard InChI is InChI=1S/C21H25F2N3O5/c1-29-19-11-16(18(26(27)28)12-20(19)31-21(22)23)13-24-17(15-5-3-2-4-6-15)14-25-7-9-30-10-8-25/h2-6,11-12,17,21,24H,7-10,13-14H2,1H3. The van der Waals surface area contributed by atoms with Crippen LogP contribution in [0.15, 0.2) is 42.5 Å². The molecule has 1 atom stereocenters. The van der Waals surface area contributed by atoms with E-state index in [-0.39, 0.29) is 29.8 Å². The number of nitro groups is 1. The van der Waals surface area contributed by atoms with Gasteiger partial charge in [0.05, 0.1) is 31.3 Å². The Labute approximate surface area is 178 Å². The van der Waals surface area contributed by atoms with E-state index in [4.69, 9.17) is 9.47 Å². The van der Waals surface area contributed by atoms with E-state index >= 15 is 0 Å². The van der Waals surface area contributed by atoms with Crippen LogP contribution >= 0.6 is 0 Å². The van der Waals surface area contributed by atoms with E-state index in [1.807, 2.05) is 30.3 Å². The van der Waals surface area contributed by atoms with Crippen LogP contribution in [0.25, 0.3) is 0 Å². The molecule has 31 heavy (non-hydrogen) atoms. The van der Waals surface area contributed by atoms with Crippen molar-refractivity contribution in [2.75, 3.05) is 40.0 Å². The van der Waals surface area contributed by atoms with Crippen LogP contribution in [-0.2, 0) is 11.3 Å². The number of ether oxygens (including phenoxy) is 3. The van der Waals surface area contributed by atoms with E-state index in [1.165, 1.54) is 13.2 Å². The normalized spacial score (nSPS) is 15.6. The number of morpholine rings is 1. The summed E-state index contributed by atoms with van der Waals surface area (Å²) in [5.41, 5.74) is 1.04. The van der Waals surface area contributed by atoms with E-state index in [2.05, 4.69) is 15.0 Å².